The quantitative estimate of drug-likeness (QED) is 0.552. The third-order valence-electron chi connectivity index (χ3n) is 4.57. The number of nitrogens with zero attached hydrogens (tertiary/aromatic N) is 1. The maximum Gasteiger partial charge on any atom is 0.251 e. The number of carbonyl (C=O) groups excluding carboxylic acids is 1. The zero-order chi connectivity index (χ0) is 18.1. The Bertz CT molecular complexity index is 581. The molecule has 1 amide bonds. The van der Waals surface area contributed by atoms with Crippen LogP contribution in [-0.4, -0.2) is 51.2 Å². The SMILES string of the molecule is C=CCc1cc(C(=O)NCCCN2CCCCC2)cc(OC)c1OC. The number of nitrogens with one attached hydrogen (secondary N) is 1. The van der Waals surface area contributed by atoms with Gasteiger partial charge in [-0.25, -0.2) is 0 Å². The van der Waals surface area contributed by atoms with Crippen molar-refractivity contribution < 1.29 is 14.3 Å². The molecule has 1 fully saturated rings. The maximum absolute atomic E-state index is 12.5. The molecule has 0 bridgehead atoms. The summed E-state index contributed by atoms with van der Waals surface area (Å²) < 4.78 is 10.8. The molecule has 138 valence electrons. The molecule has 1 saturated heterocycles. The molecule has 1 aromatic carbocycles. The van der Waals surface area contributed by atoms with Gasteiger partial charge in [0.05, 0.1) is 14.2 Å². The average Bonchev–Trinajstić information content (AvgIpc) is 2.65. The second-order valence-corrected chi connectivity index (χ2v) is 6.38. The fourth-order valence-corrected chi connectivity index (χ4v) is 3.27. The highest BCUT2D eigenvalue weighted by atomic mass is 16.5. The summed E-state index contributed by atoms with van der Waals surface area (Å²) >= 11 is 0. The molecule has 5 nitrogen and oxygen atoms in total. The van der Waals surface area contributed by atoms with Crippen molar-refractivity contribution in [2.24, 2.45) is 0 Å². The van der Waals surface area contributed by atoms with Crippen LogP contribution in [0.15, 0.2) is 24.8 Å². The first-order chi connectivity index (χ1) is 12.2. The predicted octanol–water partition coefficient (Wildman–Crippen LogP) is 3.04. The van der Waals surface area contributed by atoms with Crippen LogP contribution in [0.25, 0.3) is 0 Å². The molecule has 2 rings (SSSR count). The van der Waals surface area contributed by atoms with Crippen LogP contribution < -0.4 is 14.8 Å². The van der Waals surface area contributed by atoms with Gasteiger partial charge in [-0.1, -0.05) is 12.5 Å². The number of methoxy groups -OCH3 is 2. The van der Waals surface area contributed by atoms with Gasteiger partial charge >= 0.3 is 0 Å². The minimum Gasteiger partial charge on any atom is -0.493 e. The number of allylic oxidation sites excluding steroid dienone is 1. The minimum absolute atomic E-state index is 0.0788. The van der Waals surface area contributed by atoms with Gasteiger partial charge in [0.25, 0.3) is 5.91 Å². The van der Waals surface area contributed by atoms with E-state index in [0.717, 1.165) is 18.5 Å². The second-order valence-electron chi connectivity index (χ2n) is 6.38. The normalized spacial score (nSPS) is 14.8. The summed E-state index contributed by atoms with van der Waals surface area (Å²) in [5.41, 5.74) is 1.49. The first kappa shape index (κ1) is 19.3. The first-order valence-electron chi connectivity index (χ1n) is 9.06. The van der Waals surface area contributed by atoms with E-state index >= 15 is 0 Å². The molecular formula is C20H30N2O3. The molecule has 1 aliphatic heterocycles. The summed E-state index contributed by atoms with van der Waals surface area (Å²) in [6, 6.07) is 3.58. The van der Waals surface area contributed by atoms with Gasteiger partial charge in [-0.05, 0) is 57.5 Å². The molecule has 5 heteroatoms. The molecule has 1 aliphatic rings. The van der Waals surface area contributed by atoms with E-state index in [1.807, 2.05) is 6.07 Å². The average molecular weight is 346 g/mol. The van der Waals surface area contributed by atoms with Crippen LogP contribution in [-0.2, 0) is 6.42 Å². The Balaban J connectivity index is 1.93. The van der Waals surface area contributed by atoms with Crippen LogP contribution in [0.3, 0.4) is 0 Å². The maximum atomic E-state index is 12.5. The Morgan fingerprint density at radius 3 is 2.64 bits per heavy atom. The second kappa shape index (κ2) is 10.1. The summed E-state index contributed by atoms with van der Waals surface area (Å²) in [5, 5.41) is 3.01. The molecular weight excluding hydrogens is 316 g/mol. The highest BCUT2D eigenvalue weighted by Crippen LogP contribution is 2.33. The van der Waals surface area contributed by atoms with Crippen molar-refractivity contribution >= 4 is 5.91 Å². The summed E-state index contributed by atoms with van der Waals surface area (Å²) in [4.78, 5) is 15.0. The van der Waals surface area contributed by atoms with Crippen LogP contribution in [0.2, 0.25) is 0 Å². The van der Waals surface area contributed by atoms with Gasteiger partial charge in [-0.3, -0.25) is 4.79 Å². The van der Waals surface area contributed by atoms with Crippen LogP contribution in [0.4, 0.5) is 0 Å². The molecule has 25 heavy (non-hydrogen) atoms. The van der Waals surface area contributed by atoms with Crippen molar-refractivity contribution in [1.82, 2.24) is 10.2 Å². The Kier molecular flexibility index (Phi) is 7.79. The Morgan fingerprint density at radius 1 is 1.24 bits per heavy atom. The molecule has 0 aromatic heterocycles. The smallest absolute Gasteiger partial charge is 0.251 e. The van der Waals surface area contributed by atoms with Gasteiger partial charge < -0.3 is 19.7 Å². The lowest BCUT2D eigenvalue weighted by Gasteiger charge is -2.26. The Hall–Kier alpha value is -2.01. The molecule has 0 atom stereocenters. The van der Waals surface area contributed by atoms with E-state index in [-0.39, 0.29) is 5.91 Å². The highest BCUT2D eigenvalue weighted by Gasteiger charge is 2.16. The highest BCUT2D eigenvalue weighted by molar-refractivity contribution is 5.95. The number of carbonyl (C=O) groups is 1. The van der Waals surface area contributed by atoms with E-state index in [9.17, 15) is 4.79 Å². The lowest BCUT2D eigenvalue weighted by molar-refractivity contribution is 0.0950. The van der Waals surface area contributed by atoms with Crippen LogP contribution in [0.5, 0.6) is 11.5 Å². The topological polar surface area (TPSA) is 50.8 Å². The third kappa shape index (κ3) is 5.49. The summed E-state index contributed by atoms with van der Waals surface area (Å²) in [6.45, 7) is 7.87. The van der Waals surface area contributed by atoms with E-state index < -0.39 is 0 Å². The van der Waals surface area contributed by atoms with E-state index in [2.05, 4.69) is 16.8 Å². The summed E-state index contributed by atoms with van der Waals surface area (Å²) in [7, 11) is 3.18. The zero-order valence-corrected chi connectivity index (χ0v) is 15.5. The fourth-order valence-electron chi connectivity index (χ4n) is 3.27. The van der Waals surface area contributed by atoms with Crippen molar-refractivity contribution in [3.8, 4) is 11.5 Å². The van der Waals surface area contributed by atoms with E-state index in [4.69, 9.17) is 9.47 Å². The van der Waals surface area contributed by atoms with Gasteiger partial charge in [0.1, 0.15) is 0 Å². The number of hydrogen-bond acceptors (Lipinski definition) is 4. The molecule has 0 radical (unpaired) electrons. The third-order valence-corrected chi connectivity index (χ3v) is 4.57. The number of rotatable bonds is 9. The summed E-state index contributed by atoms with van der Waals surface area (Å²) in [6.07, 6.45) is 7.32. The largest absolute Gasteiger partial charge is 0.493 e. The fraction of sp³-hybridized carbons (Fsp3) is 0.550. The Morgan fingerprint density at radius 2 is 2.00 bits per heavy atom. The van der Waals surface area contributed by atoms with Crippen LogP contribution in [0.1, 0.15) is 41.6 Å². The van der Waals surface area contributed by atoms with E-state index in [0.29, 0.717) is 30.0 Å². The number of piperidine rings is 1. The lowest BCUT2D eigenvalue weighted by Crippen LogP contribution is -2.33. The molecule has 0 saturated carbocycles. The lowest BCUT2D eigenvalue weighted by atomic mass is 10.0. The van der Waals surface area contributed by atoms with Gasteiger partial charge in [-0.2, -0.15) is 0 Å². The van der Waals surface area contributed by atoms with Gasteiger partial charge in [0.15, 0.2) is 11.5 Å². The van der Waals surface area contributed by atoms with E-state index in [1.165, 1.54) is 32.4 Å². The number of ether oxygens (including phenoxy) is 2. The predicted molar refractivity (Wildman–Crippen MR) is 101 cm³/mol. The van der Waals surface area contributed by atoms with Gasteiger partial charge in [0, 0.05) is 17.7 Å². The van der Waals surface area contributed by atoms with Crippen molar-refractivity contribution in [2.45, 2.75) is 32.1 Å². The molecule has 1 N–H and O–H groups in total. The van der Waals surface area contributed by atoms with E-state index in [1.54, 1.807) is 26.4 Å². The number of benzene rings is 1. The number of likely N-dealkylation sites (tertiary alicyclic amines) is 1. The van der Waals surface area contributed by atoms with Gasteiger partial charge in [0.2, 0.25) is 0 Å². The Labute approximate surface area is 151 Å². The molecule has 0 aliphatic carbocycles. The summed E-state index contributed by atoms with van der Waals surface area (Å²) in [5.74, 6) is 1.15. The number of amides is 1. The van der Waals surface area contributed by atoms with Crippen molar-refractivity contribution in [1.29, 1.82) is 0 Å². The first-order valence-corrected chi connectivity index (χ1v) is 9.06. The number of hydrogen-bond donors (Lipinski definition) is 1. The van der Waals surface area contributed by atoms with Gasteiger partial charge in [-0.15, -0.1) is 6.58 Å². The van der Waals surface area contributed by atoms with Crippen molar-refractivity contribution in [3.63, 3.8) is 0 Å². The monoisotopic (exact) mass is 346 g/mol. The minimum atomic E-state index is -0.0788. The van der Waals surface area contributed by atoms with Crippen LogP contribution in [0, 0.1) is 0 Å². The molecule has 0 spiro atoms. The van der Waals surface area contributed by atoms with Crippen LogP contribution >= 0.6 is 0 Å². The molecule has 0 unspecified atom stereocenters. The zero-order valence-electron chi connectivity index (χ0n) is 15.5. The molecule has 1 heterocycles. The van der Waals surface area contributed by atoms with Crippen molar-refractivity contribution in [2.75, 3.05) is 40.4 Å². The standard InChI is InChI=1S/C20H30N2O3/c1-4-9-16-14-17(15-18(24-2)19(16)25-3)20(23)21-10-8-13-22-11-6-5-7-12-22/h4,14-15H,1,5-13H2,2-3H3,(H,21,23). The molecule has 1 aromatic rings. The van der Waals surface area contributed by atoms with Crippen molar-refractivity contribution in [3.05, 3.63) is 35.9 Å².